The van der Waals surface area contributed by atoms with Crippen LogP contribution in [0.1, 0.15) is 30.6 Å². The molecule has 1 aliphatic heterocycles. The van der Waals surface area contributed by atoms with E-state index in [0.717, 1.165) is 18.8 Å². The van der Waals surface area contributed by atoms with Crippen LogP contribution in [0.25, 0.3) is 0 Å². The molecule has 172 valence electrons. The zero-order valence-electron chi connectivity index (χ0n) is 18.7. The summed E-state index contributed by atoms with van der Waals surface area (Å²) in [6.45, 7) is 7.86. The number of hydrogen-bond acceptors (Lipinski definition) is 6. The lowest BCUT2D eigenvalue weighted by Crippen LogP contribution is -2.36. The number of carbonyl (C=O) groups excluding carboxylic acids is 2. The van der Waals surface area contributed by atoms with Crippen LogP contribution >= 0.6 is 0 Å². The lowest BCUT2D eigenvalue weighted by atomic mass is 10.2. The van der Waals surface area contributed by atoms with Crippen LogP contribution in [0, 0.1) is 0 Å². The molecule has 1 saturated heterocycles. The van der Waals surface area contributed by atoms with Gasteiger partial charge in [0.25, 0.3) is 5.91 Å². The van der Waals surface area contributed by atoms with Crippen LogP contribution in [0.3, 0.4) is 0 Å². The topological polar surface area (TPSA) is 89.1 Å². The zero-order valence-corrected chi connectivity index (χ0v) is 18.7. The zero-order chi connectivity index (χ0) is 22.8. The van der Waals surface area contributed by atoms with E-state index in [1.54, 1.807) is 30.3 Å². The normalized spacial score (nSPS) is 13.4. The third kappa shape index (κ3) is 6.37. The Morgan fingerprint density at radius 1 is 1.00 bits per heavy atom. The van der Waals surface area contributed by atoms with Crippen molar-refractivity contribution in [1.29, 1.82) is 0 Å². The number of nitrogens with one attached hydrogen (secondary N) is 2. The first-order valence-corrected chi connectivity index (χ1v) is 11.0. The molecule has 8 heteroatoms. The molecule has 2 amide bonds. The Labute approximate surface area is 188 Å². The van der Waals surface area contributed by atoms with Crippen molar-refractivity contribution in [3.05, 3.63) is 48.0 Å². The first-order valence-electron chi connectivity index (χ1n) is 11.0. The Morgan fingerprint density at radius 3 is 2.38 bits per heavy atom. The van der Waals surface area contributed by atoms with E-state index >= 15 is 0 Å². The molecule has 32 heavy (non-hydrogen) atoms. The van der Waals surface area contributed by atoms with Crippen molar-refractivity contribution in [3.63, 3.8) is 0 Å². The third-order valence-corrected chi connectivity index (χ3v) is 4.96. The number of ether oxygens (including phenoxy) is 3. The van der Waals surface area contributed by atoms with Gasteiger partial charge < -0.3 is 29.7 Å². The van der Waals surface area contributed by atoms with Gasteiger partial charge in [-0.2, -0.15) is 0 Å². The number of morpholine rings is 1. The highest BCUT2D eigenvalue weighted by molar-refractivity contribution is 5.96. The number of anilines is 2. The number of nitrogens with zero attached hydrogens (tertiary/aromatic N) is 1. The van der Waals surface area contributed by atoms with Gasteiger partial charge >= 0.3 is 0 Å². The van der Waals surface area contributed by atoms with Crippen LogP contribution < -0.4 is 25.0 Å². The summed E-state index contributed by atoms with van der Waals surface area (Å²) in [5, 5.41) is 5.66. The molecule has 1 heterocycles. The number of carbonyl (C=O) groups is 2. The van der Waals surface area contributed by atoms with Crippen LogP contribution in [0.2, 0.25) is 0 Å². The quantitative estimate of drug-likeness (QED) is 0.589. The third-order valence-electron chi connectivity index (χ3n) is 4.96. The molecule has 0 atom stereocenters. The van der Waals surface area contributed by atoms with Gasteiger partial charge in [0.15, 0.2) is 0 Å². The van der Waals surface area contributed by atoms with Gasteiger partial charge in [0.2, 0.25) is 5.91 Å². The molecule has 2 aromatic carbocycles. The highest BCUT2D eigenvalue weighted by atomic mass is 16.5. The minimum absolute atomic E-state index is 0.138. The van der Waals surface area contributed by atoms with Crippen molar-refractivity contribution in [3.8, 4) is 11.5 Å². The van der Waals surface area contributed by atoms with Crippen molar-refractivity contribution >= 4 is 23.2 Å². The van der Waals surface area contributed by atoms with Gasteiger partial charge in [0, 0.05) is 43.8 Å². The molecule has 0 bridgehead atoms. The van der Waals surface area contributed by atoms with Gasteiger partial charge in [-0.05, 0) is 26.0 Å². The summed E-state index contributed by atoms with van der Waals surface area (Å²) >= 11 is 0. The Bertz CT molecular complexity index is 898. The fourth-order valence-corrected chi connectivity index (χ4v) is 3.44. The summed E-state index contributed by atoms with van der Waals surface area (Å²) in [4.78, 5) is 26.9. The number of benzene rings is 2. The van der Waals surface area contributed by atoms with Gasteiger partial charge in [0.05, 0.1) is 37.8 Å². The fourth-order valence-electron chi connectivity index (χ4n) is 3.44. The summed E-state index contributed by atoms with van der Waals surface area (Å²) in [5.74, 6) is 0.840. The van der Waals surface area contributed by atoms with E-state index in [1.807, 2.05) is 26.0 Å². The molecule has 2 N–H and O–H groups in total. The van der Waals surface area contributed by atoms with Crippen LogP contribution in [0.4, 0.5) is 11.4 Å². The molecule has 0 aliphatic carbocycles. The molecule has 8 nitrogen and oxygen atoms in total. The average molecular weight is 442 g/mol. The number of rotatable bonds is 10. The largest absolute Gasteiger partial charge is 0.492 e. The molecule has 2 aromatic rings. The summed E-state index contributed by atoms with van der Waals surface area (Å²) in [6.07, 6.45) is 0.138. The monoisotopic (exact) mass is 441 g/mol. The standard InChI is InChI=1S/C24H31N3O5/c1-3-31-21-17-20(27-12-14-30-15-13-27)22(32-4-2)16-19(21)26-23(28)10-11-25-24(29)18-8-6-5-7-9-18/h5-9,16-17H,3-4,10-15H2,1-2H3,(H,25,29)(H,26,28). The molecular formula is C24H31N3O5. The maximum atomic E-state index is 12.6. The van der Waals surface area contributed by atoms with E-state index in [2.05, 4.69) is 15.5 Å². The van der Waals surface area contributed by atoms with Gasteiger partial charge in [-0.1, -0.05) is 18.2 Å². The molecular weight excluding hydrogens is 410 g/mol. The molecule has 1 fully saturated rings. The van der Waals surface area contributed by atoms with Crippen molar-refractivity contribution in [1.82, 2.24) is 5.32 Å². The van der Waals surface area contributed by atoms with Gasteiger partial charge in [-0.3, -0.25) is 9.59 Å². The second-order valence-corrected chi connectivity index (χ2v) is 7.20. The summed E-state index contributed by atoms with van der Waals surface area (Å²) in [6, 6.07) is 12.6. The molecule has 3 rings (SSSR count). The number of amides is 2. The maximum absolute atomic E-state index is 12.6. The van der Waals surface area contributed by atoms with E-state index in [1.165, 1.54) is 0 Å². The molecule has 0 unspecified atom stereocenters. The second-order valence-electron chi connectivity index (χ2n) is 7.20. The lowest BCUT2D eigenvalue weighted by molar-refractivity contribution is -0.116. The maximum Gasteiger partial charge on any atom is 0.251 e. The molecule has 0 spiro atoms. The molecule has 0 aromatic heterocycles. The van der Waals surface area contributed by atoms with Gasteiger partial charge in [-0.25, -0.2) is 0 Å². The predicted octanol–water partition coefficient (Wildman–Crippen LogP) is 3.08. The first kappa shape index (κ1) is 23.4. The fraction of sp³-hybridized carbons (Fsp3) is 0.417. The van der Waals surface area contributed by atoms with Crippen LogP contribution in [0.5, 0.6) is 11.5 Å². The van der Waals surface area contributed by atoms with E-state index in [-0.39, 0.29) is 24.8 Å². The lowest BCUT2D eigenvalue weighted by Gasteiger charge is -2.31. The van der Waals surface area contributed by atoms with Crippen molar-refractivity contribution in [2.24, 2.45) is 0 Å². The molecule has 1 aliphatic rings. The highest BCUT2D eigenvalue weighted by Crippen LogP contribution is 2.39. The van der Waals surface area contributed by atoms with Gasteiger partial charge in [-0.15, -0.1) is 0 Å². The summed E-state index contributed by atoms with van der Waals surface area (Å²) < 4.78 is 17.1. The summed E-state index contributed by atoms with van der Waals surface area (Å²) in [5.41, 5.74) is 2.03. The van der Waals surface area contributed by atoms with Crippen LogP contribution in [-0.2, 0) is 9.53 Å². The van der Waals surface area contributed by atoms with Crippen LogP contribution in [0.15, 0.2) is 42.5 Å². The van der Waals surface area contributed by atoms with E-state index < -0.39 is 0 Å². The van der Waals surface area contributed by atoms with E-state index in [4.69, 9.17) is 14.2 Å². The van der Waals surface area contributed by atoms with Crippen LogP contribution in [-0.4, -0.2) is 57.9 Å². The highest BCUT2D eigenvalue weighted by Gasteiger charge is 2.20. The molecule has 0 radical (unpaired) electrons. The van der Waals surface area contributed by atoms with Gasteiger partial charge in [0.1, 0.15) is 11.5 Å². The van der Waals surface area contributed by atoms with E-state index in [0.29, 0.717) is 49.2 Å². The molecule has 0 saturated carbocycles. The van der Waals surface area contributed by atoms with Crippen molar-refractivity contribution < 1.29 is 23.8 Å². The minimum atomic E-state index is -0.221. The summed E-state index contributed by atoms with van der Waals surface area (Å²) in [7, 11) is 0. The second kappa shape index (κ2) is 12.0. The van der Waals surface area contributed by atoms with E-state index in [9.17, 15) is 9.59 Å². The minimum Gasteiger partial charge on any atom is -0.492 e. The van der Waals surface area contributed by atoms with Crippen molar-refractivity contribution in [2.45, 2.75) is 20.3 Å². The number of hydrogen-bond donors (Lipinski definition) is 2. The Hall–Kier alpha value is -3.26. The first-order chi connectivity index (χ1) is 15.6. The SMILES string of the molecule is CCOc1cc(N2CCOCC2)c(OCC)cc1NC(=O)CCNC(=O)c1ccccc1. The predicted molar refractivity (Wildman–Crippen MR) is 124 cm³/mol. The Kier molecular flexibility index (Phi) is 8.74. The smallest absolute Gasteiger partial charge is 0.251 e. The Balaban J connectivity index is 1.67. The average Bonchev–Trinajstić information content (AvgIpc) is 2.82. The Morgan fingerprint density at radius 2 is 1.69 bits per heavy atom. The van der Waals surface area contributed by atoms with Crippen molar-refractivity contribution in [2.75, 3.05) is 56.3 Å².